The topological polar surface area (TPSA) is 98.5 Å². The van der Waals surface area contributed by atoms with Crippen molar-refractivity contribution in [2.75, 3.05) is 0 Å². The predicted molar refractivity (Wildman–Crippen MR) is 142 cm³/mol. The van der Waals surface area contributed by atoms with Crippen LogP contribution in [0.25, 0.3) is 22.5 Å². The quantitative estimate of drug-likeness (QED) is 0.305. The van der Waals surface area contributed by atoms with Gasteiger partial charge >= 0.3 is 5.69 Å². The molecule has 0 saturated heterocycles. The predicted octanol–water partition coefficient (Wildman–Crippen LogP) is 4.70. The largest absolute Gasteiger partial charge is 0.329 e. The molecule has 0 aliphatic heterocycles. The van der Waals surface area contributed by atoms with Crippen LogP contribution in [0.3, 0.4) is 0 Å². The Morgan fingerprint density at radius 1 is 0.892 bits per heavy atom. The summed E-state index contributed by atoms with van der Waals surface area (Å²) in [7, 11) is 0. The fraction of sp³-hybridized carbons (Fsp3) is 0.207. The molecule has 37 heavy (non-hydrogen) atoms. The van der Waals surface area contributed by atoms with Crippen LogP contribution < -0.4 is 5.69 Å². The standard InChI is InChI=1S/C29H28N6O2/c1-2-8-26(27(36)19-21-9-4-3-5-10-21)35-18-17-34(29(35)37)20-22-13-15-23(16-14-22)24-11-6-7-12-25(24)28-30-32-33-31-28/h3-7,9-18,26H,2,8,19-20H2,1H3,(H,30,31,32,33). The first-order valence-corrected chi connectivity index (χ1v) is 12.4. The van der Waals surface area contributed by atoms with E-state index < -0.39 is 6.04 Å². The van der Waals surface area contributed by atoms with Crippen LogP contribution in [0, 0.1) is 0 Å². The second-order valence-electron chi connectivity index (χ2n) is 9.04. The molecular weight excluding hydrogens is 464 g/mol. The smallest absolute Gasteiger partial charge is 0.297 e. The number of aromatic amines is 1. The zero-order valence-electron chi connectivity index (χ0n) is 20.6. The maximum absolute atomic E-state index is 13.3. The first-order valence-electron chi connectivity index (χ1n) is 12.4. The number of nitrogens with zero attached hydrogens (tertiary/aromatic N) is 5. The van der Waals surface area contributed by atoms with Crippen LogP contribution in [0.5, 0.6) is 0 Å². The summed E-state index contributed by atoms with van der Waals surface area (Å²) in [5.74, 6) is 0.661. The van der Waals surface area contributed by atoms with Gasteiger partial charge in [0, 0.05) is 24.4 Å². The van der Waals surface area contributed by atoms with E-state index in [0.717, 1.165) is 34.2 Å². The van der Waals surface area contributed by atoms with E-state index in [1.165, 1.54) is 0 Å². The maximum atomic E-state index is 13.3. The number of hydrogen-bond donors (Lipinski definition) is 1. The molecule has 3 aromatic carbocycles. The third-order valence-corrected chi connectivity index (χ3v) is 6.51. The fourth-order valence-electron chi connectivity index (χ4n) is 4.63. The number of Topliss-reactive ketones (excluding diaryl/α,β-unsaturated/α-hetero) is 1. The average Bonchev–Trinajstić information content (AvgIpc) is 3.59. The van der Waals surface area contributed by atoms with Crippen molar-refractivity contribution in [2.24, 2.45) is 0 Å². The van der Waals surface area contributed by atoms with Gasteiger partial charge in [0.2, 0.25) is 0 Å². The van der Waals surface area contributed by atoms with Gasteiger partial charge in [-0.25, -0.2) is 9.89 Å². The lowest BCUT2D eigenvalue weighted by molar-refractivity contribution is -0.121. The lowest BCUT2D eigenvalue weighted by atomic mass is 9.98. The number of carbonyl (C=O) groups is 1. The maximum Gasteiger partial charge on any atom is 0.329 e. The van der Waals surface area contributed by atoms with Crippen LogP contribution in [0.4, 0.5) is 0 Å². The van der Waals surface area contributed by atoms with Gasteiger partial charge in [-0.2, -0.15) is 0 Å². The summed E-state index contributed by atoms with van der Waals surface area (Å²) in [4.78, 5) is 26.4. The summed E-state index contributed by atoms with van der Waals surface area (Å²) in [6.45, 7) is 2.45. The van der Waals surface area contributed by atoms with E-state index in [1.54, 1.807) is 21.5 Å². The lowest BCUT2D eigenvalue weighted by Gasteiger charge is -2.16. The first kappa shape index (κ1) is 24.1. The number of hydrogen-bond acceptors (Lipinski definition) is 5. The Balaban J connectivity index is 1.34. The van der Waals surface area contributed by atoms with Gasteiger partial charge in [0.05, 0.1) is 12.6 Å². The van der Waals surface area contributed by atoms with Crippen LogP contribution in [-0.2, 0) is 17.8 Å². The van der Waals surface area contributed by atoms with Crippen LogP contribution >= 0.6 is 0 Å². The van der Waals surface area contributed by atoms with E-state index in [1.807, 2.05) is 85.8 Å². The van der Waals surface area contributed by atoms with Gasteiger partial charge in [-0.15, -0.1) is 5.10 Å². The van der Waals surface area contributed by atoms with Gasteiger partial charge in [0.1, 0.15) is 0 Å². The van der Waals surface area contributed by atoms with E-state index in [-0.39, 0.29) is 11.5 Å². The minimum absolute atomic E-state index is 0.0536. The fourth-order valence-corrected chi connectivity index (χ4v) is 4.63. The molecule has 0 saturated carbocycles. The van der Waals surface area contributed by atoms with Crippen molar-refractivity contribution < 1.29 is 4.79 Å². The molecule has 0 radical (unpaired) electrons. The Labute approximate surface area is 214 Å². The van der Waals surface area contributed by atoms with Crippen molar-refractivity contribution in [2.45, 2.75) is 38.8 Å². The SMILES string of the molecule is CCCC(C(=O)Cc1ccccc1)n1ccn(Cc2ccc(-c3ccccc3-c3nnn[nH]3)cc2)c1=O. The van der Waals surface area contributed by atoms with Crippen LogP contribution in [0.15, 0.2) is 96.1 Å². The molecule has 1 atom stereocenters. The molecule has 2 aromatic heterocycles. The van der Waals surface area contributed by atoms with Crippen LogP contribution in [-0.4, -0.2) is 35.5 Å². The van der Waals surface area contributed by atoms with Crippen molar-refractivity contribution in [1.82, 2.24) is 29.8 Å². The summed E-state index contributed by atoms with van der Waals surface area (Å²) < 4.78 is 3.24. The first-order chi connectivity index (χ1) is 18.1. The van der Waals surface area contributed by atoms with Gasteiger partial charge in [0.15, 0.2) is 11.6 Å². The Bertz CT molecular complexity index is 1520. The van der Waals surface area contributed by atoms with Gasteiger partial charge in [-0.3, -0.25) is 13.9 Å². The molecule has 8 nitrogen and oxygen atoms in total. The Morgan fingerprint density at radius 3 is 2.32 bits per heavy atom. The van der Waals surface area contributed by atoms with Gasteiger partial charge in [0.25, 0.3) is 0 Å². The Hall–Kier alpha value is -4.59. The van der Waals surface area contributed by atoms with Crippen LogP contribution in [0.2, 0.25) is 0 Å². The normalized spacial score (nSPS) is 11.9. The second kappa shape index (κ2) is 11.0. The van der Waals surface area contributed by atoms with Crippen molar-refractivity contribution in [3.05, 3.63) is 113 Å². The molecule has 2 heterocycles. The summed E-state index contributed by atoms with van der Waals surface area (Å²) in [5.41, 5.74) is 4.72. The van der Waals surface area contributed by atoms with E-state index in [2.05, 4.69) is 20.6 Å². The third-order valence-electron chi connectivity index (χ3n) is 6.51. The number of tetrazole rings is 1. The third kappa shape index (κ3) is 5.33. The number of H-pyrrole nitrogens is 1. The zero-order chi connectivity index (χ0) is 25.6. The Kier molecular flexibility index (Phi) is 7.16. The number of rotatable bonds is 10. The van der Waals surface area contributed by atoms with E-state index >= 15 is 0 Å². The van der Waals surface area contributed by atoms with E-state index in [4.69, 9.17) is 0 Å². The molecule has 8 heteroatoms. The number of nitrogens with one attached hydrogen (secondary N) is 1. The number of carbonyl (C=O) groups excluding carboxylic acids is 1. The minimum atomic E-state index is -0.469. The number of aromatic nitrogens is 6. The molecule has 1 N–H and O–H groups in total. The molecule has 1 unspecified atom stereocenters. The molecule has 0 fully saturated rings. The van der Waals surface area contributed by atoms with Crippen molar-refractivity contribution >= 4 is 5.78 Å². The molecule has 0 aliphatic rings. The van der Waals surface area contributed by atoms with Crippen molar-refractivity contribution in [1.29, 1.82) is 0 Å². The van der Waals surface area contributed by atoms with Crippen molar-refractivity contribution in [3.63, 3.8) is 0 Å². The average molecular weight is 493 g/mol. The number of ketones is 1. The van der Waals surface area contributed by atoms with Gasteiger partial charge in [-0.1, -0.05) is 92.2 Å². The molecule has 0 bridgehead atoms. The molecule has 186 valence electrons. The Morgan fingerprint density at radius 2 is 1.62 bits per heavy atom. The van der Waals surface area contributed by atoms with E-state index in [0.29, 0.717) is 25.2 Å². The molecule has 0 spiro atoms. The molecule has 5 rings (SSSR count). The number of benzene rings is 3. The molecule has 0 aliphatic carbocycles. The van der Waals surface area contributed by atoms with Gasteiger partial charge in [-0.05, 0) is 39.1 Å². The monoisotopic (exact) mass is 492 g/mol. The van der Waals surface area contributed by atoms with E-state index in [9.17, 15) is 9.59 Å². The highest BCUT2D eigenvalue weighted by Crippen LogP contribution is 2.29. The lowest BCUT2D eigenvalue weighted by Crippen LogP contribution is -2.32. The van der Waals surface area contributed by atoms with Crippen molar-refractivity contribution in [3.8, 4) is 22.5 Å². The molecular formula is C29H28N6O2. The van der Waals surface area contributed by atoms with Crippen LogP contribution in [0.1, 0.15) is 36.9 Å². The second-order valence-corrected chi connectivity index (χ2v) is 9.04. The zero-order valence-corrected chi connectivity index (χ0v) is 20.6. The highest BCUT2D eigenvalue weighted by Gasteiger charge is 2.22. The summed E-state index contributed by atoms with van der Waals surface area (Å²) in [5, 5.41) is 14.2. The minimum Gasteiger partial charge on any atom is -0.297 e. The summed E-state index contributed by atoms with van der Waals surface area (Å²) in [6, 6.07) is 25.2. The molecule has 0 amide bonds. The highest BCUT2D eigenvalue weighted by molar-refractivity contribution is 5.84. The highest BCUT2D eigenvalue weighted by atomic mass is 16.2. The summed E-state index contributed by atoms with van der Waals surface area (Å²) >= 11 is 0. The number of imidazole rings is 1. The molecule has 5 aromatic rings. The summed E-state index contributed by atoms with van der Waals surface area (Å²) in [6.07, 6.45) is 5.26. The van der Waals surface area contributed by atoms with Gasteiger partial charge < -0.3 is 0 Å².